The maximum atomic E-state index is 6.48. The standard InChI is InChI=1S/C21H19ClN2O3/c1-11-20-14(5-6-23-11)15-7-12(22)8-16(21(15)24-20)19-17(26-3)9-13(25-2)10-18(19)27-4/h5-10,24H,1-4H3. The van der Waals surface area contributed by atoms with Gasteiger partial charge in [-0.3, -0.25) is 4.98 Å². The summed E-state index contributed by atoms with van der Waals surface area (Å²) in [6.07, 6.45) is 1.81. The molecule has 138 valence electrons. The van der Waals surface area contributed by atoms with E-state index in [-0.39, 0.29) is 0 Å². The molecule has 1 N–H and O–H groups in total. The Morgan fingerprint density at radius 2 is 1.59 bits per heavy atom. The van der Waals surface area contributed by atoms with E-state index in [2.05, 4.69) is 9.97 Å². The second-order valence-electron chi connectivity index (χ2n) is 6.23. The van der Waals surface area contributed by atoms with Gasteiger partial charge in [0.1, 0.15) is 17.2 Å². The number of nitrogens with zero attached hydrogens (tertiary/aromatic N) is 1. The number of benzene rings is 2. The third kappa shape index (κ3) is 2.75. The molecule has 0 spiro atoms. The summed E-state index contributed by atoms with van der Waals surface area (Å²) in [5.41, 5.74) is 4.57. The van der Waals surface area contributed by atoms with Crippen LogP contribution in [0.2, 0.25) is 5.02 Å². The first-order valence-corrected chi connectivity index (χ1v) is 8.82. The average Bonchev–Trinajstić information content (AvgIpc) is 3.06. The summed E-state index contributed by atoms with van der Waals surface area (Å²) in [6, 6.07) is 9.53. The Labute approximate surface area is 161 Å². The Morgan fingerprint density at radius 3 is 2.22 bits per heavy atom. The monoisotopic (exact) mass is 382 g/mol. The highest BCUT2D eigenvalue weighted by Gasteiger charge is 2.20. The second kappa shape index (κ2) is 6.67. The van der Waals surface area contributed by atoms with Crippen molar-refractivity contribution in [1.29, 1.82) is 0 Å². The molecule has 2 heterocycles. The lowest BCUT2D eigenvalue weighted by molar-refractivity contribution is 0.377. The summed E-state index contributed by atoms with van der Waals surface area (Å²) in [4.78, 5) is 7.90. The van der Waals surface area contributed by atoms with Crippen LogP contribution in [-0.2, 0) is 0 Å². The molecule has 27 heavy (non-hydrogen) atoms. The van der Waals surface area contributed by atoms with Gasteiger partial charge in [-0.1, -0.05) is 11.6 Å². The molecule has 0 aliphatic carbocycles. The number of aryl methyl sites for hydroxylation is 1. The molecular weight excluding hydrogens is 364 g/mol. The van der Waals surface area contributed by atoms with E-state index >= 15 is 0 Å². The van der Waals surface area contributed by atoms with Gasteiger partial charge in [-0.05, 0) is 25.1 Å². The molecule has 0 saturated heterocycles. The minimum atomic E-state index is 0.632. The van der Waals surface area contributed by atoms with E-state index in [0.717, 1.165) is 38.6 Å². The first kappa shape index (κ1) is 17.5. The van der Waals surface area contributed by atoms with Crippen molar-refractivity contribution >= 4 is 33.4 Å². The number of pyridine rings is 1. The summed E-state index contributed by atoms with van der Waals surface area (Å²) < 4.78 is 16.6. The fraction of sp³-hybridized carbons (Fsp3) is 0.190. The van der Waals surface area contributed by atoms with Gasteiger partial charge < -0.3 is 19.2 Å². The van der Waals surface area contributed by atoms with E-state index < -0.39 is 0 Å². The summed E-state index contributed by atoms with van der Waals surface area (Å²) in [7, 11) is 4.86. The van der Waals surface area contributed by atoms with Crippen molar-refractivity contribution in [2.45, 2.75) is 6.92 Å². The third-order valence-electron chi connectivity index (χ3n) is 4.77. The van der Waals surface area contributed by atoms with Crippen LogP contribution in [0.3, 0.4) is 0 Å². The Balaban J connectivity index is 2.14. The lowest BCUT2D eigenvalue weighted by Gasteiger charge is -2.16. The fourth-order valence-corrected chi connectivity index (χ4v) is 3.71. The number of aromatic nitrogens is 2. The molecule has 0 radical (unpaired) electrons. The van der Waals surface area contributed by atoms with Crippen LogP contribution in [-0.4, -0.2) is 31.3 Å². The number of H-pyrrole nitrogens is 1. The van der Waals surface area contributed by atoms with Gasteiger partial charge in [-0.2, -0.15) is 0 Å². The van der Waals surface area contributed by atoms with Crippen LogP contribution in [0.4, 0.5) is 0 Å². The summed E-state index contributed by atoms with van der Waals surface area (Å²) in [6.45, 7) is 1.98. The van der Waals surface area contributed by atoms with Crippen molar-refractivity contribution in [2.75, 3.05) is 21.3 Å². The molecule has 6 heteroatoms. The van der Waals surface area contributed by atoms with E-state index in [1.165, 1.54) is 0 Å². The zero-order valence-electron chi connectivity index (χ0n) is 15.5. The second-order valence-corrected chi connectivity index (χ2v) is 6.66. The molecular formula is C21H19ClN2O3. The largest absolute Gasteiger partial charge is 0.496 e. The predicted molar refractivity (Wildman–Crippen MR) is 108 cm³/mol. The number of rotatable bonds is 4. The van der Waals surface area contributed by atoms with Crippen LogP contribution in [0.25, 0.3) is 32.9 Å². The van der Waals surface area contributed by atoms with Gasteiger partial charge >= 0.3 is 0 Å². The van der Waals surface area contributed by atoms with Crippen LogP contribution in [0.1, 0.15) is 5.69 Å². The maximum Gasteiger partial charge on any atom is 0.134 e. The highest BCUT2D eigenvalue weighted by molar-refractivity contribution is 6.32. The molecule has 0 unspecified atom stereocenters. The van der Waals surface area contributed by atoms with Crippen LogP contribution in [0.5, 0.6) is 17.2 Å². The van der Waals surface area contributed by atoms with E-state index in [0.29, 0.717) is 22.3 Å². The van der Waals surface area contributed by atoms with E-state index in [9.17, 15) is 0 Å². The SMILES string of the molecule is COc1cc(OC)c(-c2cc(Cl)cc3c2[nH]c2c(C)nccc23)c(OC)c1. The quantitative estimate of drug-likeness (QED) is 0.515. The van der Waals surface area contributed by atoms with Gasteiger partial charge in [0.15, 0.2) is 0 Å². The predicted octanol–water partition coefficient (Wildman–Crippen LogP) is 5.37. The van der Waals surface area contributed by atoms with Gasteiger partial charge in [-0.15, -0.1) is 0 Å². The Bertz CT molecular complexity index is 1140. The molecule has 5 nitrogen and oxygen atoms in total. The van der Waals surface area contributed by atoms with Crippen molar-refractivity contribution in [1.82, 2.24) is 9.97 Å². The number of aromatic amines is 1. The van der Waals surface area contributed by atoms with Gasteiger partial charge in [-0.25, -0.2) is 0 Å². The minimum Gasteiger partial charge on any atom is -0.496 e. The summed E-state index contributed by atoms with van der Waals surface area (Å²) in [5, 5.41) is 2.73. The molecule has 4 aromatic rings. The van der Waals surface area contributed by atoms with Gasteiger partial charge in [0.25, 0.3) is 0 Å². The Kier molecular flexibility index (Phi) is 4.32. The Hall–Kier alpha value is -2.92. The number of halogens is 1. The lowest BCUT2D eigenvalue weighted by atomic mass is 9.99. The molecule has 4 rings (SSSR count). The molecule has 0 amide bonds. The van der Waals surface area contributed by atoms with Crippen molar-refractivity contribution in [2.24, 2.45) is 0 Å². The Morgan fingerprint density at radius 1 is 0.889 bits per heavy atom. The van der Waals surface area contributed by atoms with Crippen LogP contribution < -0.4 is 14.2 Å². The van der Waals surface area contributed by atoms with Crippen molar-refractivity contribution in [3.05, 3.63) is 47.2 Å². The van der Waals surface area contributed by atoms with Gasteiger partial charge in [0.05, 0.1) is 43.6 Å². The third-order valence-corrected chi connectivity index (χ3v) is 4.99. The van der Waals surface area contributed by atoms with E-state index in [1.54, 1.807) is 27.5 Å². The lowest BCUT2D eigenvalue weighted by Crippen LogP contribution is -1.96. The highest BCUT2D eigenvalue weighted by Crippen LogP contribution is 2.46. The zero-order valence-corrected chi connectivity index (χ0v) is 16.3. The molecule has 0 fully saturated rings. The topological polar surface area (TPSA) is 56.4 Å². The van der Waals surface area contributed by atoms with E-state index in [4.69, 9.17) is 25.8 Å². The number of nitrogens with one attached hydrogen (secondary N) is 1. The van der Waals surface area contributed by atoms with Crippen LogP contribution >= 0.6 is 11.6 Å². The molecule has 0 atom stereocenters. The molecule has 2 aromatic carbocycles. The van der Waals surface area contributed by atoms with Crippen LogP contribution in [0, 0.1) is 6.92 Å². The average molecular weight is 383 g/mol. The summed E-state index contributed by atoms with van der Waals surface area (Å²) >= 11 is 6.48. The molecule has 0 bridgehead atoms. The van der Waals surface area contributed by atoms with Crippen molar-refractivity contribution in [3.8, 4) is 28.4 Å². The summed E-state index contributed by atoms with van der Waals surface area (Å²) in [5.74, 6) is 1.94. The maximum absolute atomic E-state index is 6.48. The van der Waals surface area contributed by atoms with Gasteiger partial charge in [0, 0.05) is 39.7 Å². The number of ether oxygens (including phenoxy) is 3. The normalized spacial score (nSPS) is 11.1. The van der Waals surface area contributed by atoms with Crippen molar-refractivity contribution < 1.29 is 14.2 Å². The molecule has 0 aliphatic heterocycles. The first-order chi connectivity index (χ1) is 13.1. The smallest absolute Gasteiger partial charge is 0.134 e. The van der Waals surface area contributed by atoms with E-state index in [1.807, 2.05) is 37.3 Å². The number of fused-ring (bicyclic) bond motifs is 3. The minimum absolute atomic E-state index is 0.632. The number of hydrogen-bond acceptors (Lipinski definition) is 4. The first-order valence-electron chi connectivity index (χ1n) is 8.44. The van der Waals surface area contributed by atoms with Crippen molar-refractivity contribution in [3.63, 3.8) is 0 Å². The molecule has 0 aliphatic rings. The highest BCUT2D eigenvalue weighted by atomic mass is 35.5. The molecule has 0 saturated carbocycles. The number of hydrogen-bond donors (Lipinski definition) is 1. The van der Waals surface area contributed by atoms with Crippen LogP contribution in [0.15, 0.2) is 36.5 Å². The fourth-order valence-electron chi connectivity index (χ4n) is 3.50. The molecule has 2 aromatic heterocycles. The van der Waals surface area contributed by atoms with Gasteiger partial charge in [0.2, 0.25) is 0 Å². The zero-order chi connectivity index (χ0) is 19.1. The number of methoxy groups -OCH3 is 3.